The minimum absolute atomic E-state index is 0.113. The molecule has 21 heavy (non-hydrogen) atoms. The summed E-state index contributed by atoms with van der Waals surface area (Å²) < 4.78 is 19.9. The molecule has 1 saturated heterocycles. The van der Waals surface area contributed by atoms with Crippen molar-refractivity contribution in [3.05, 3.63) is 0 Å². The Morgan fingerprint density at radius 3 is 2.19 bits per heavy atom. The van der Waals surface area contributed by atoms with E-state index in [1.807, 2.05) is 6.92 Å². The molecule has 1 N–H and O–H groups in total. The second-order valence-corrected chi connectivity index (χ2v) is 5.14. The van der Waals surface area contributed by atoms with Crippen LogP contribution < -0.4 is 5.32 Å². The van der Waals surface area contributed by atoms with Gasteiger partial charge in [-0.1, -0.05) is 6.92 Å². The van der Waals surface area contributed by atoms with Crippen LogP contribution in [-0.4, -0.2) is 61.6 Å². The Morgan fingerprint density at radius 2 is 1.67 bits per heavy atom. The van der Waals surface area contributed by atoms with E-state index in [0.717, 1.165) is 0 Å². The number of hydrogen-bond acceptors (Lipinski definition) is 9. The van der Waals surface area contributed by atoms with E-state index in [1.165, 1.54) is 11.8 Å². The van der Waals surface area contributed by atoms with Crippen LogP contribution in [0.2, 0.25) is 0 Å². The molecule has 1 fully saturated rings. The van der Waals surface area contributed by atoms with Gasteiger partial charge in [0.05, 0.1) is 0 Å². The first-order chi connectivity index (χ1) is 10.2. The molecule has 1 aliphatic heterocycles. The SMILES string of the molecule is CCS[C@H]1O[C@@H](OC=O)[C@@H](OC=O)[C@@H](OC=O)[C@H]1NC=O. The summed E-state index contributed by atoms with van der Waals surface area (Å²) in [5, 5.41) is 2.46. The molecule has 1 aliphatic rings. The monoisotopic (exact) mass is 321 g/mol. The highest BCUT2D eigenvalue weighted by Crippen LogP contribution is 2.31. The molecule has 10 heteroatoms. The number of rotatable bonds is 10. The van der Waals surface area contributed by atoms with Gasteiger partial charge in [0.2, 0.25) is 18.8 Å². The third-order valence-corrected chi connectivity index (χ3v) is 3.78. The molecule has 118 valence electrons. The average molecular weight is 321 g/mol. The lowest BCUT2D eigenvalue weighted by Crippen LogP contribution is -2.63. The van der Waals surface area contributed by atoms with Gasteiger partial charge in [0.25, 0.3) is 19.4 Å². The molecule has 0 aromatic rings. The number of ether oxygens (including phenoxy) is 4. The summed E-state index contributed by atoms with van der Waals surface area (Å²) >= 11 is 1.30. The van der Waals surface area contributed by atoms with Crippen molar-refractivity contribution in [2.24, 2.45) is 0 Å². The van der Waals surface area contributed by atoms with Crippen molar-refractivity contribution in [1.82, 2.24) is 5.32 Å². The maximum absolute atomic E-state index is 10.7. The Kier molecular flexibility index (Phi) is 7.54. The Morgan fingerprint density at radius 1 is 1.05 bits per heavy atom. The fourth-order valence-electron chi connectivity index (χ4n) is 1.96. The molecule has 0 spiro atoms. The van der Waals surface area contributed by atoms with Crippen molar-refractivity contribution >= 4 is 37.6 Å². The van der Waals surface area contributed by atoms with Crippen LogP contribution >= 0.6 is 11.8 Å². The van der Waals surface area contributed by atoms with Gasteiger partial charge in [-0.2, -0.15) is 0 Å². The molecule has 5 atom stereocenters. The first kappa shape index (κ1) is 17.2. The van der Waals surface area contributed by atoms with Crippen LogP contribution in [0.25, 0.3) is 0 Å². The lowest BCUT2D eigenvalue weighted by Gasteiger charge is -2.42. The van der Waals surface area contributed by atoms with Crippen LogP contribution in [0, 0.1) is 0 Å². The van der Waals surface area contributed by atoms with Crippen LogP contribution in [0.15, 0.2) is 0 Å². The van der Waals surface area contributed by atoms with Crippen molar-refractivity contribution in [1.29, 1.82) is 0 Å². The molecule has 1 heterocycles. The van der Waals surface area contributed by atoms with Crippen molar-refractivity contribution in [3.8, 4) is 0 Å². The van der Waals surface area contributed by atoms with E-state index in [1.54, 1.807) is 0 Å². The lowest BCUT2D eigenvalue weighted by molar-refractivity contribution is -0.251. The molecule has 0 radical (unpaired) electrons. The third kappa shape index (κ3) is 4.33. The summed E-state index contributed by atoms with van der Waals surface area (Å²) in [6, 6.07) is -0.769. The summed E-state index contributed by atoms with van der Waals surface area (Å²) in [4.78, 5) is 42.5. The smallest absolute Gasteiger partial charge is 0.295 e. The number of carbonyl (C=O) groups excluding carboxylic acids is 4. The zero-order chi connectivity index (χ0) is 15.7. The van der Waals surface area contributed by atoms with Gasteiger partial charge >= 0.3 is 0 Å². The Balaban J connectivity index is 3.05. The normalized spacial score (nSPS) is 31.6. The Labute approximate surface area is 124 Å². The maximum atomic E-state index is 10.7. The van der Waals surface area contributed by atoms with Crippen LogP contribution in [0.3, 0.4) is 0 Å². The average Bonchev–Trinajstić information content (AvgIpc) is 2.47. The number of nitrogens with one attached hydrogen (secondary N) is 1. The number of thioether (sulfide) groups is 1. The fraction of sp³-hybridized carbons (Fsp3) is 0.636. The van der Waals surface area contributed by atoms with Crippen molar-refractivity contribution in [2.75, 3.05) is 5.75 Å². The minimum atomic E-state index is -1.24. The van der Waals surface area contributed by atoms with Gasteiger partial charge in [-0.05, 0) is 5.75 Å². The molecule has 0 unspecified atom stereocenters. The molecular formula is C11H15NO8S. The molecule has 0 aromatic carbocycles. The van der Waals surface area contributed by atoms with E-state index in [0.29, 0.717) is 12.2 Å². The first-order valence-electron chi connectivity index (χ1n) is 5.97. The molecule has 0 aromatic heterocycles. The van der Waals surface area contributed by atoms with Crippen molar-refractivity contribution < 1.29 is 38.1 Å². The van der Waals surface area contributed by atoms with Gasteiger partial charge in [0, 0.05) is 0 Å². The fourth-order valence-corrected chi connectivity index (χ4v) is 2.92. The second-order valence-electron chi connectivity index (χ2n) is 3.76. The van der Waals surface area contributed by atoms with Crippen molar-refractivity contribution in [3.63, 3.8) is 0 Å². The molecule has 1 rings (SSSR count). The second kappa shape index (κ2) is 9.19. The van der Waals surface area contributed by atoms with Gasteiger partial charge in [-0.3, -0.25) is 19.2 Å². The van der Waals surface area contributed by atoms with Crippen LogP contribution in [0.4, 0.5) is 0 Å². The summed E-state index contributed by atoms with van der Waals surface area (Å²) in [6.07, 6.45) is -3.08. The first-order valence-corrected chi connectivity index (χ1v) is 7.02. The summed E-state index contributed by atoms with van der Waals surface area (Å²) in [5.74, 6) is 0.628. The zero-order valence-electron chi connectivity index (χ0n) is 11.1. The highest BCUT2D eigenvalue weighted by molar-refractivity contribution is 7.99. The highest BCUT2D eigenvalue weighted by Gasteiger charge is 2.50. The molecular weight excluding hydrogens is 306 g/mol. The van der Waals surface area contributed by atoms with E-state index in [4.69, 9.17) is 18.9 Å². The van der Waals surface area contributed by atoms with E-state index in [9.17, 15) is 19.2 Å². The van der Waals surface area contributed by atoms with E-state index in [-0.39, 0.29) is 19.4 Å². The van der Waals surface area contributed by atoms with Crippen LogP contribution in [0.5, 0.6) is 0 Å². The molecule has 0 aliphatic carbocycles. The summed E-state index contributed by atoms with van der Waals surface area (Å²) in [7, 11) is 0. The topological polar surface area (TPSA) is 117 Å². The van der Waals surface area contributed by atoms with Gasteiger partial charge in [-0.25, -0.2) is 0 Å². The van der Waals surface area contributed by atoms with E-state index >= 15 is 0 Å². The van der Waals surface area contributed by atoms with Gasteiger partial charge in [0.1, 0.15) is 11.5 Å². The predicted octanol–water partition coefficient (Wildman–Crippen LogP) is -1.21. The maximum Gasteiger partial charge on any atom is 0.295 e. The number of amides is 1. The highest BCUT2D eigenvalue weighted by atomic mass is 32.2. The van der Waals surface area contributed by atoms with E-state index < -0.39 is 30.0 Å². The lowest BCUT2D eigenvalue weighted by atomic mass is 10.0. The van der Waals surface area contributed by atoms with Gasteiger partial charge in [0.15, 0.2) is 6.10 Å². The minimum Gasteiger partial charge on any atom is -0.458 e. The standard InChI is InChI=1S/C11H15NO8S/c1-2-21-11-7(12-3-13)8(17-4-14)9(18-5-15)10(20-11)19-6-16/h3-11H,2H2,1H3,(H,12,13)/t7-,8+,9+,10-,11-/m1/s1. The number of hydrogen-bond donors (Lipinski definition) is 1. The predicted molar refractivity (Wildman–Crippen MR) is 68.8 cm³/mol. The molecule has 1 amide bonds. The van der Waals surface area contributed by atoms with Crippen LogP contribution in [0.1, 0.15) is 6.92 Å². The summed E-state index contributed by atoms with van der Waals surface area (Å²) in [6.45, 7) is 2.25. The van der Waals surface area contributed by atoms with Gasteiger partial charge < -0.3 is 24.3 Å². The third-order valence-electron chi connectivity index (χ3n) is 2.71. The molecule has 9 nitrogen and oxygen atoms in total. The summed E-state index contributed by atoms with van der Waals surface area (Å²) in [5.41, 5.74) is -0.651. The van der Waals surface area contributed by atoms with Crippen molar-refractivity contribution in [2.45, 2.75) is 36.9 Å². The number of carbonyl (C=O) groups is 4. The Hall–Kier alpha value is -1.81. The molecule has 0 bridgehead atoms. The van der Waals surface area contributed by atoms with E-state index in [2.05, 4.69) is 5.32 Å². The largest absolute Gasteiger partial charge is 0.458 e. The van der Waals surface area contributed by atoms with Crippen LogP contribution in [-0.2, 0) is 38.1 Å². The Bertz CT molecular complexity index is 368. The zero-order valence-corrected chi connectivity index (χ0v) is 11.9. The quantitative estimate of drug-likeness (QED) is 0.391. The van der Waals surface area contributed by atoms with Gasteiger partial charge in [-0.15, -0.1) is 11.8 Å². The molecule has 0 saturated carbocycles.